The number of aromatic nitrogens is 1. The van der Waals surface area contributed by atoms with Crippen molar-refractivity contribution in [2.24, 2.45) is 0 Å². The van der Waals surface area contributed by atoms with Crippen molar-refractivity contribution in [1.82, 2.24) is 4.98 Å². The minimum atomic E-state index is -2.42. The van der Waals surface area contributed by atoms with Crippen molar-refractivity contribution in [1.29, 1.82) is 0 Å². The maximum absolute atomic E-state index is 11.2. The van der Waals surface area contributed by atoms with Gasteiger partial charge >= 0.3 is 0 Å². The van der Waals surface area contributed by atoms with Crippen molar-refractivity contribution in [3.63, 3.8) is 0 Å². The predicted molar refractivity (Wildman–Crippen MR) is 110 cm³/mol. The molecule has 0 radical (unpaired) electrons. The zero-order chi connectivity index (χ0) is 20.3. The number of benzene rings is 1. The van der Waals surface area contributed by atoms with Crippen LogP contribution in [0.3, 0.4) is 0 Å². The van der Waals surface area contributed by atoms with E-state index in [2.05, 4.69) is 21.5 Å². The second-order valence-electron chi connectivity index (χ2n) is 7.76. The highest BCUT2D eigenvalue weighted by Gasteiger charge is 2.22. The predicted octanol–water partition coefficient (Wildman–Crippen LogP) is 3.36. The Bertz CT molecular complexity index is 854. The molecule has 8 heteroatoms. The standard InChI is InChI=1S/C20H27N3O4S/c1-14-13-26-10-9-23(14)15-11-18(21-19(12-15)27-20(2,3)4)16-7-5-6-8-17(16)22-28(24)25/h5-8,11-12,14,22H,9-10,13H2,1-4H3,(H,24,25)/p-1/t14-/m1/s1. The number of hydrogen-bond acceptors (Lipinski definition) is 6. The van der Waals surface area contributed by atoms with Gasteiger partial charge in [-0.2, -0.15) is 0 Å². The number of morpholine rings is 1. The average molecular weight is 405 g/mol. The summed E-state index contributed by atoms with van der Waals surface area (Å²) in [6, 6.07) is 11.3. The molecule has 0 aliphatic carbocycles. The molecule has 0 amide bonds. The largest absolute Gasteiger partial charge is 0.755 e. The molecule has 1 fully saturated rings. The Morgan fingerprint density at radius 1 is 1.32 bits per heavy atom. The number of anilines is 2. The van der Waals surface area contributed by atoms with Crippen LogP contribution in [0.15, 0.2) is 36.4 Å². The first kappa shape index (κ1) is 20.6. The lowest BCUT2D eigenvalue weighted by molar-refractivity contribution is 0.0986. The third-order valence-corrected chi connectivity index (χ3v) is 4.68. The topological polar surface area (TPSA) is 86.8 Å². The summed E-state index contributed by atoms with van der Waals surface area (Å²) in [5, 5.41) is 0. The molecule has 1 aromatic carbocycles. The molecule has 2 aromatic rings. The first-order valence-corrected chi connectivity index (χ1v) is 10.3. The first-order chi connectivity index (χ1) is 13.2. The van der Waals surface area contributed by atoms with Gasteiger partial charge in [0.25, 0.3) is 0 Å². The Morgan fingerprint density at radius 2 is 2.07 bits per heavy atom. The van der Waals surface area contributed by atoms with Gasteiger partial charge < -0.3 is 23.6 Å². The normalized spacial score (nSPS) is 18.6. The number of para-hydroxylation sites is 1. The molecule has 1 saturated heterocycles. The number of hydrogen-bond donors (Lipinski definition) is 1. The number of nitrogens with zero attached hydrogens (tertiary/aromatic N) is 2. The summed E-state index contributed by atoms with van der Waals surface area (Å²) in [6.07, 6.45) is 0. The zero-order valence-corrected chi connectivity index (χ0v) is 17.4. The van der Waals surface area contributed by atoms with Crippen LogP contribution in [0.2, 0.25) is 0 Å². The molecule has 2 heterocycles. The lowest BCUT2D eigenvalue weighted by Crippen LogP contribution is -2.43. The molecule has 0 bridgehead atoms. The van der Waals surface area contributed by atoms with Crippen molar-refractivity contribution in [2.45, 2.75) is 39.3 Å². The number of nitrogens with one attached hydrogen (secondary N) is 1. The Labute approximate surface area is 168 Å². The van der Waals surface area contributed by atoms with Crippen LogP contribution in [-0.2, 0) is 16.0 Å². The summed E-state index contributed by atoms with van der Waals surface area (Å²) < 4.78 is 36.4. The molecule has 152 valence electrons. The van der Waals surface area contributed by atoms with Gasteiger partial charge in [0.15, 0.2) is 0 Å². The van der Waals surface area contributed by atoms with E-state index in [0.717, 1.165) is 12.2 Å². The van der Waals surface area contributed by atoms with Crippen molar-refractivity contribution in [2.75, 3.05) is 29.4 Å². The fourth-order valence-electron chi connectivity index (χ4n) is 3.16. The summed E-state index contributed by atoms with van der Waals surface area (Å²) in [6.45, 7) is 10.1. The smallest absolute Gasteiger partial charge is 0.216 e. The second-order valence-corrected chi connectivity index (χ2v) is 8.44. The average Bonchev–Trinajstić information content (AvgIpc) is 2.60. The third-order valence-electron chi connectivity index (χ3n) is 4.29. The fraction of sp³-hybridized carbons (Fsp3) is 0.450. The van der Waals surface area contributed by atoms with Gasteiger partial charge in [0.2, 0.25) is 5.88 Å². The van der Waals surface area contributed by atoms with E-state index in [1.165, 1.54) is 0 Å². The molecule has 1 unspecified atom stereocenters. The van der Waals surface area contributed by atoms with Crippen LogP contribution in [0.1, 0.15) is 27.7 Å². The van der Waals surface area contributed by atoms with Gasteiger partial charge in [-0.1, -0.05) is 18.2 Å². The summed E-state index contributed by atoms with van der Waals surface area (Å²) in [5.74, 6) is 0.497. The minimum absolute atomic E-state index is 0.217. The van der Waals surface area contributed by atoms with Crippen molar-refractivity contribution in [3.8, 4) is 17.1 Å². The van der Waals surface area contributed by atoms with Crippen molar-refractivity contribution < 1.29 is 18.2 Å². The van der Waals surface area contributed by atoms with Gasteiger partial charge in [-0.15, -0.1) is 0 Å². The Balaban J connectivity index is 2.09. The molecule has 1 aromatic heterocycles. The molecule has 1 aliphatic heterocycles. The molecular formula is C20H26N3O4S-. The molecular weight excluding hydrogens is 378 g/mol. The maximum Gasteiger partial charge on any atom is 0.216 e. The van der Waals surface area contributed by atoms with Crippen LogP contribution < -0.4 is 14.4 Å². The zero-order valence-electron chi connectivity index (χ0n) is 16.6. The summed E-state index contributed by atoms with van der Waals surface area (Å²) in [4.78, 5) is 6.91. The van der Waals surface area contributed by atoms with E-state index in [1.807, 2.05) is 45.0 Å². The summed E-state index contributed by atoms with van der Waals surface area (Å²) in [7, 11) is 0. The quantitative estimate of drug-likeness (QED) is 0.769. The van der Waals surface area contributed by atoms with E-state index >= 15 is 0 Å². The van der Waals surface area contributed by atoms with E-state index in [0.29, 0.717) is 36.0 Å². The van der Waals surface area contributed by atoms with Crippen molar-refractivity contribution in [3.05, 3.63) is 36.4 Å². The molecule has 1 aliphatic rings. The van der Waals surface area contributed by atoms with Crippen LogP contribution in [0.4, 0.5) is 11.4 Å². The molecule has 7 nitrogen and oxygen atoms in total. The lowest BCUT2D eigenvalue weighted by atomic mass is 10.1. The van der Waals surface area contributed by atoms with Gasteiger partial charge in [0, 0.05) is 41.2 Å². The highest BCUT2D eigenvalue weighted by molar-refractivity contribution is 7.80. The molecule has 2 atom stereocenters. The molecule has 0 saturated carbocycles. The SMILES string of the molecule is C[C@@H]1COCCN1c1cc(OC(C)(C)C)nc(-c2ccccc2NS(=O)[O-])c1. The van der Waals surface area contributed by atoms with Gasteiger partial charge in [0.05, 0.1) is 24.6 Å². The monoisotopic (exact) mass is 404 g/mol. The van der Waals surface area contributed by atoms with E-state index < -0.39 is 16.9 Å². The fourth-order valence-corrected chi connectivity index (χ4v) is 3.51. The van der Waals surface area contributed by atoms with Gasteiger partial charge in [0.1, 0.15) is 5.60 Å². The van der Waals surface area contributed by atoms with Crippen LogP contribution in [0.25, 0.3) is 11.3 Å². The lowest BCUT2D eigenvalue weighted by Gasteiger charge is -2.35. The maximum atomic E-state index is 11.2. The Kier molecular flexibility index (Phi) is 6.22. The highest BCUT2D eigenvalue weighted by atomic mass is 32.2. The number of rotatable bonds is 5. The van der Waals surface area contributed by atoms with E-state index in [1.54, 1.807) is 12.1 Å². The Morgan fingerprint density at radius 3 is 2.75 bits per heavy atom. The summed E-state index contributed by atoms with van der Waals surface area (Å²) in [5.41, 5.74) is 2.36. The van der Waals surface area contributed by atoms with E-state index in [-0.39, 0.29) is 6.04 Å². The van der Waals surface area contributed by atoms with Crippen molar-refractivity contribution >= 4 is 22.6 Å². The Hall–Kier alpha value is -2.16. The van der Waals surface area contributed by atoms with Gasteiger partial charge in [-0.05, 0) is 39.8 Å². The van der Waals surface area contributed by atoms with Crippen LogP contribution in [-0.4, -0.2) is 45.1 Å². The van der Waals surface area contributed by atoms with Crippen LogP contribution in [0, 0.1) is 0 Å². The number of ether oxygens (including phenoxy) is 2. The number of pyridine rings is 1. The molecule has 0 spiro atoms. The van der Waals surface area contributed by atoms with Crippen LogP contribution >= 0.6 is 0 Å². The second kappa shape index (κ2) is 8.46. The van der Waals surface area contributed by atoms with E-state index in [9.17, 15) is 8.76 Å². The molecule has 1 N–H and O–H groups in total. The van der Waals surface area contributed by atoms with Crippen LogP contribution in [0.5, 0.6) is 5.88 Å². The first-order valence-electron chi connectivity index (χ1n) is 9.24. The minimum Gasteiger partial charge on any atom is -0.755 e. The van der Waals surface area contributed by atoms with Gasteiger partial charge in [-0.3, -0.25) is 4.21 Å². The molecule has 3 rings (SSSR count). The van der Waals surface area contributed by atoms with Gasteiger partial charge in [-0.25, -0.2) is 4.98 Å². The third kappa shape index (κ3) is 5.21. The highest BCUT2D eigenvalue weighted by Crippen LogP contribution is 2.34. The van der Waals surface area contributed by atoms with E-state index in [4.69, 9.17) is 9.47 Å². The molecule has 28 heavy (non-hydrogen) atoms. The summed E-state index contributed by atoms with van der Waals surface area (Å²) >= 11 is -2.42.